The van der Waals surface area contributed by atoms with Crippen molar-refractivity contribution in [2.75, 3.05) is 6.61 Å². The van der Waals surface area contributed by atoms with Crippen molar-refractivity contribution in [3.63, 3.8) is 0 Å². The molecule has 0 saturated heterocycles. The molecule has 0 aromatic rings. The Morgan fingerprint density at radius 2 is 1.76 bits per heavy atom. The summed E-state index contributed by atoms with van der Waals surface area (Å²) in [5, 5.41) is 11.1. The summed E-state index contributed by atoms with van der Waals surface area (Å²) < 4.78 is 5.42. The highest BCUT2D eigenvalue weighted by atomic mass is 16.5. The number of carbonyl (C=O) groups is 1. The van der Waals surface area contributed by atoms with E-state index in [9.17, 15) is 9.90 Å². The van der Waals surface area contributed by atoms with Gasteiger partial charge in [0.1, 0.15) is 0 Å². The third-order valence-electron chi connectivity index (χ3n) is 8.75. The molecule has 1 N–H and O–H groups in total. The smallest absolute Gasteiger partial charge is 0.302 e. The van der Waals surface area contributed by atoms with Gasteiger partial charge in [0.05, 0.1) is 12.2 Å². The number of aliphatic hydroxyl groups is 1. The molecule has 3 fully saturated rings. The van der Waals surface area contributed by atoms with Gasteiger partial charge in [0.15, 0.2) is 0 Å². The van der Waals surface area contributed by atoms with Gasteiger partial charge in [-0.2, -0.15) is 0 Å². The predicted molar refractivity (Wildman–Crippen MR) is 100 cm³/mol. The molecular formula is C22H38O3. The van der Waals surface area contributed by atoms with E-state index in [1.54, 1.807) is 0 Å². The van der Waals surface area contributed by atoms with Gasteiger partial charge in [0.2, 0.25) is 0 Å². The van der Waals surface area contributed by atoms with Crippen LogP contribution in [0.4, 0.5) is 0 Å². The Morgan fingerprint density at radius 1 is 1.08 bits per heavy atom. The fourth-order valence-corrected chi connectivity index (χ4v) is 8.07. The summed E-state index contributed by atoms with van der Waals surface area (Å²) in [7, 11) is 0. The van der Waals surface area contributed by atoms with Crippen LogP contribution in [-0.4, -0.2) is 23.3 Å². The van der Waals surface area contributed by atoms with E-state index < -0.39 is 5.60 Å². The molecule has 3 aliphatic rings. The van der Waals surface area contributed by atoms with Crippen LogP contribution in [0, 0.1) is 27.6 Å². The van der Waals surface area contributed by atoms with Crippen molar-refractivity contribution >= 4 is 5.97 Å². The minimum Gasteiger partial charge on any atom is -0.466 e. The van der Waals surface area contributed by atoms with Gasteiger partial charge in [-0.1, -0.05) is 34.1 Å². The van der Waals surface area contributed by atoms with E-state index in [0.29, 0.717) is 17.9 Å². The highest BCUT2D eigenvalue weighted by Crippen LogP contribution is 2.77. The van der Waals surface area contributed by atoms with Crippen LogP contribution in [0.1, 0.15) is 92.9 Å². The Morgan fingerprint density at radius 3 is 2.40 bits per heavy atom. The Bertz CT molecular complexity index is 551. The molecule has 0 unspecified atom stereocenters. The van der Waals surface area contributed by atoms with Gasteiger partial charge in [0.25, 0.3) is 0 Å². The van der Waals surface area contributed by atoms with E-state index in [2.05, 4.69) is 27.7 Å². The third kappa shape index (κ3) is 2.76. The first-order valence-corrected chi connectivity index (χ1v) is 10.2. The minimum atomic E-state index is -0.607. The quantitative estimate of drug-likeness (QED) is 0.720. The molecule has 0 bridgehead atoms. The fraction of sp³-hybridized carbons (Fsp3) is 0.955. The van der Waals surface area contributed by atoms with E-state index in [4.69, 9.17) is 4.74 Å². The maximum atomic E-state index is 11.4. The predicted octanol–water partition coefficient (Wildman–Crippen LogP) is 5.10. The highest BCUT2D eigenvalue weighted by molar-refractivity contribution is 5.65. The molecule has 5 atom stereocenters. The normalized spacial score (nSPS) is 48.5. The fourth-order valence-electron chi connectivity index (χ4n) is 8.07. The maximum absolute atomic E-state index is 11.4. The summed E-state index contributed by atoms with van der Waals surface area (Å²) in [5.74, 6) is 0.498. The molecule has 0 spiro atoms. The van der Waals surface area contributed by atoms with Crippen molar-refractivity contribution in [1.29, 1.82) is 0 Å². The summed E-state index contributed by atoms with van der Waals surface area (Å²) in [4.78, 5) is 11.4. The van der Waals surface area contributed by atoms with E-state index in [1.165, 1.54) is 39.0 Å². The average Bonchev–Trinajstić information content (AvgIpc) is 2.64. The van der Waals surface area contributed by atoms with Crippen LogP contribution in [0.5, 0.6) is 0 Å². The summed E-state index contributed by atoms with van der Waals surface area (Å²) in [6.45, 7) is 13.8. The average molecular weight is 351 g/mol. The van der Waals surface area contributed by atoms with Gasteiger partial charge in [-0.3, -0.25) is 4.79 Å². The SMILES string of the molecule is CC(=O)OCC[C@@]12C[C@](C)(O)C[C@]1(C)CC[C@H]1C(C)(C)CCC[C@@]12C. The largest absolute Gasteiger partial charge is 0.466 e. The Balaban J connectivity index is 2.05. The number of ether oxygens (including phenoxy) is 1. The van der Waals surface area contributed by atoms with Crippen molar-refractivity contribution in [1.82, 2.24) is 0 Å². The van der Waals surface area contributed by atoms with Gasteiger partial charge in [-0.25, -0.2) is 0 Å². The summed E-state index contributed by atoms with van der Waals surface area (Å²) >= 11 is 0. The summed E-state index contributed by atoms with van der Waals surface area (Å²) in [6.07, 6.45) is 8.89. The van der Waals surface area contributed by atoms with E-state index >= 15 is 0 Å². The maximum Gasteiger partial charge on any atom is 0.302 e. The highest BCUT2D eigenvalue weighted by Gasteiger charge is 2.71. The zero-order valence-corrected chi connectivity index (χ0v) is 17.2. The van der Waals surface area contributed by atoms with Crippen LogP contribution in [0.15, 0.2) is 0 Å². The molecule has 3 rings (SSSR count). The first-order chi connectivity index (χ1) is 11.4. The monoisotopic (exact) mass is 350 g/mol. The van der Waals surface area contributed by atoms with Crippen LogP contribution in [0.25, 0.3) is 0 Å². The molecule has 3 aliphatic carbocycles. The second kappa shape index (κ2) is 5.71. The van der Waals surface area contributed by atoms with Crippen LogP contribution >= 0.6 is 0 Å². The Kier molecular flexibility index (Phi) is 4.39. The lowest BCUT2D eigenvalue weighted by Gasteiger charge is -2.67. The summed E-state index contributed by atoms with van der Waals surface area (Å²) in [6, 6.07) is 0. The van der Waals surface area contributed by atoms with Crippen LogP contribution in [0.3, 0.4) is 0 Å². The molecule has 0 aliphatic heterocycles. The van der Waals surface area contributed by atoms with Gasteiger partial charge in [-0.15, -0.1) is 0 Å². The second-order valence-corrected chi connectivity index (χ2v) is 10.9. The van der Waals surface area contributed by atoms with Crippen LogP contribution in [-0.2, 0) is 9.53 Å². The van der Waals surface area contributed by atoms with Gasteiger partial charge >= 0.3 is 5.97 Å². The second-order valence-electron chi connectivity index (χ2n) is 10.9. The number of esters is 1. The zero-order chi connectivity index (χ0) is 18.7. The van der Waals surface area contributed by atoms with E-state index in [1.807, 2.05) is 6.92 Å². The lowest BCUT2D eigenvalue weighted by atomic mass is 9.37. The summed E-state index contributed by atoms with van der Waals surface area (Å²) in [5.41, 5.74) is 0.152. The first-order valence-electron chi connectivity index (χ1n) is 10.2. The Labute approximate surface area is 153 Å². The molecule has 0 heterocycles. The van der Waals surface area contributed by atoms with Crippen LogP contribution in [0.2, 0.25) is 0 Å². The minimum absolute atomic E-state index is 0.0551. The lowest BCUT2D eigenvalue weighted by molar-refractivity contribution is -0.193. The standard InChI is InChI=1S/C22H38O3/c1-16(23)25-13-12-22-15-20(5,24)14-19(22,4)11-8-17-18(2,3)9-7-10-21(17,22)6/h17,24H,7-15H2,1-6H3/t17-,19-,20+,21-,22+/m0/s1. The van der Waals surface area contributed by atoms with Crippen molar-refractivity contribution < 1.29 is 14.6 Å². The third-order valence-corrected chi connectivity index (χ3v) is 8.75. The Hall–Kier alpha value is -0.570. The van der Waals surface area contributed by atoms with E-state index in [-0.39, 0.29) is 22.2 Å². The molecule has 3 nitrogen and oxygen atoms in total. The van der Waals surface area contributed by atoms with Gasteiger partial charge in [0, 0.05) is 6.92 Å². The van der Waals surface area contributed by atoms with Crippen molar-refractivity contribution in [3.05, 3.63) is 0 Å². The molecule has 3 saturated carbocycles. The molecule has 0 aromatic heterocycles. The molecule has 3 heteroatoms. The number of hydrogen-bond acceptors (Lipinski definition) is 3. The molecule has 0 aromatic carbocycles. The van der Waals surface area contributed by atoms with Gasteiger partial charge < -0.3 is 9.84 Å². The number of carbonyl (C=O) groups excluding carboxylic acids is 1. The molecule has 144 valence electrons. The molecule has 0 amide bonds. The number of hydrogen-bond donors (Lipinski definition) is 1. The van der Waals surface area contributed by atoms with Crippen molar-refractivity contribution in [2.45, 2.75) is 98.5 Å². The van der Waals surface area contributed by atoms with Gasteiger partial charge in [-0.05, 0) is 79.4 Å². The van der Waals surface area contributed by atoms with Crippen LogP contribution < -0.4 is 0 Å². The number of rotatable bonds is 3. The topological polar surface area (TPSA) is 46.5 Å². The lowest BCUT2D eigenvalue weighted by Crippen LogP contribution is -2.60. The molecular weight excluding hydrogens is 312 g/mol. The molecule has 25 heavy (non-hydrogen) atoms. The number of fused-ring (bicyclic) bond motifs is 3. The van der Waals surface area contributed by atoms with E-state index in [0.717, 1.165) is 19.3 Å². The van der Waals surface area contributed by atoms with Crippen molar-refractivity contribution in [3.8, 4) is 0 Å². The first kappa shape index (κ1) is 19.2. The van der Waals surface area contributed by atoms with Crippen molar-refractivity contribution in [2.24, 2.45) is 27.6 Å². The zero-order valence-electron chi connectivity index (χ0n) is 17.2. The molecule has 0 radical (unpaired) electrons.